The van der Waals surface area contributed by atoms with Crippen molar-refractivity contribution >= 4 is 33.6 Å². The number of hydrogen-bond donors (Lipinski definition) is 2. The number of piperazine rings is 1. The number of benzene rings is 4. The average molecular weight is 722 g/mol. The molecule has 2 saturated heterocycles. The third kappa shape index (κ3) is 7.29. The molecule has 0 aliphatic carbocycles. The lowest BCUT2D eigenvalue weighted by molar-refractivity contribution is -0.0533. The Hall–Kier alpha value is -5.66. The second-order valence-electron chi connectivity index (χ2n) is 13.8. The van der Waals surface area contributed by atoms with Crippen LogP contribution in [0, 0.1) is 0 Å². The highest BCUT2D eigenvalue weighted by Gasteiger charge is 2.23. The Morgan fingerprint density at radius 2 is 1.63 bits per heavy atom. The van der Waals surface area contributed by atoms with Crippen molar-refractivity contribution < 1.29 is 14.2 Å². The molecule has 2 aliphatic rings. The van der Waals surface area contributed by atoms with Crippen LogP contribution in [0.2, 0.25) is 0 Å². The monoisotopic (exact) mass is 721 g/mol. The quantitative estimate of drug-likeness (QED) is 0.143. The normalized spacial score (nSPS) is 15.7. The smallest absolute Gasteiger partial charge is 0.169 e. The minimum absolute atomic E-state index is 0.0356. The predicted molar refractivity (Wildman–Crippen MR) is 209 cm³/mol. The average Bonchev–Trinajstić information content (AvgIpc) is 3.98. The van der Waals surface area contributed by atoms with Gasteiger partial charge in [0, 0.05) is 68.9 Å². The maximum Gasteiger partial charge on any atom is 0.169 e. The van der Waals surface area contributed by atoms with Crippen LogP contribution < -0.4 is 10.1 Å². The number of para-hydroxylation sites is 2. The highest BCUT2D eigenvalue weighted by molar-refractivity contribution is 6.01. The first kappa shape index (κ1) is 34.1. The summed E-state index contributed by atoms with van der Waals surface area (Å²) in [5.74, 6) is 2.40. The van der Waals surface area contributed by atoms with Crippen LogP contribution in [0.3, 0.4) is 0 Å². The van der Waals surface area contributed by atoms with Crippen molar-refractivity contribution in [2.75, 3.05) is 58.4 Å². The number of aromatic nitrogens is 6. The molecule has 0 unspecified atom stereocenters. The molecule has 2 fully saturated rings. The summed E-state index contributed by atoms with van der Waals surface area (Å²) in [5, 5.41) is 9.58. The number of anilines is 2. The van der Waals surface area contributed by atoms with Gasteiger partial charge in [-0.05, 0) is 48.0 Å². The van der Waals surface area contributed by atoms with E-state index >= 15 is 0 Å². The molecule has 4 aromatic carbocycles. The van der Waals surface area contributed by atoms with E-state index in [-0.39, 0.29) is 6.29 Å². The van der Waals surface area contributed by atoms with Gasteiger partial charge in [-0.2, -0.15) is 5.10 Å². The van der Waals surface area contributed by atoms with Crippen LogP contribution in [0.25, 0.3) is 39.0 Å². The number of methoxy groups -OCH3 is 1. The minimum Gasteiger partial charge on any atom is -0.496 e. The van der Waals surface area contributed by atoms with Crippen LogP contribution in [0.4, 0.5) is 11.5 Å². The molecule has 0 saturated carbocycles. The Kier molecular flexibility index (Phi) is 9.71. The molecule has 0 spiro atoms. The number of hydrogen-bond acceptors (Lipinski definition) is 10. The molecule has 12 nitrogen and oxygen atoms in total. The van der Waals surface area contributed by atoms with Crippen LogP contribution in [0.5, 0.6) is 5.75 Å². The number of nitrogens with one attached hydrogen (secondary N) is 2. The first-order valence-electron chi connectivity index (χ1n) is 18.6. The third-order valence-corrected chi connectivity index (χ3v) is 10.3. The molecule has 274 valence electrons. The van der Waals surface area contributed by atoms with E-state index < -0.39 is 0 Å². The number of ether oxygens (including phenoxy) is 3. The van der Waals surface area contributed by atoms with Gasteiger partial charge >= 0.3 is 0 Å². The molecule has 12 heteroatoms. The molecule has 2 N–H and O–H groups in total. The second kappa shape index (κ2) is 15.4. The SMILES string of the molecule is COc1ccccc1Cc1nc2ccc(-c3nn(-c4ccc(CN5CCN(CCC6OCCO6)CC5)cc4)c4ncnc(Nc5ccccc5)c34)cc2[nH]1. The van der Waals surface area contributed by atoms with E-state index in [9.17, 15) is 0 Å². The molecule has 54 heavy (non-hydrogen) atoms. The summed E-state index contributed by atoms with van der Waals surface area (Å²) in [4.78, 5) is 23.0. The molecule has 0 amide bonds. The van der Waals surface area contributed by atoms with Gasteiger partial charge in [0.25, 0.3) is 0 Å². The molecule has 2 aliphatic heterocycles. The van der Waals surface area contributed by atoms with Crippen LogP contribution in [-0.2, 0) is 22.4 Å². The highest BCUT2D eigenvalue weighted by atomic mass is 16.7. The van der Waals surface area contributed by atoms with E-state index in [0.29, 0.717) is 25.5 Å². The van der Waals surface area contributed by atoms with E-state index in [1.807, 2.05) is 59.3 Å². The lowest BCUT2D eigenvalue weighted by Gasteiger charge is -2.35. The summed E-state index contributed by atoms with van der Waals surface area (Å²) in [5.41, 5.74) is 8.45. The van der Waals surface area contributed by atoms with Crippen molar-refractivity contribution in [2.24, 2.45) is 0 Å². The first-order valence-corrected chi connectivity index (χ1v) is 18.6. The minimum atomic E-state index is -0.0356. The van der Waals surface area contributed by atoms with Gasteiger partial charge in [-0.25, -0.2) is 19.6 Å². The molecule has 0 atom stereocenters. The number of rotatable bonds is 12. The van der Waals surface area contributed by atoms with Gasteiger partial charge < -0.3 is 29.4 Å². The van der Waals surface area contributed by atoms with Gasteiger partial charge in [-0.1, -0.05) is 54.6 Å². The molecular formula is C42H43N9O3. The van der Waals surface area contributed by atoms with Crippen molar-refractivity contribution in [3.05, 3.63) is 120 Å². The molecule has 0 bridgehead atoms. The van der Waals surface area contributed by atoms with E-state index in [1.165, 1.54) is 5.56 Å². The number of aromatic amines is 1. The van der Waals surface area contributed by atoms with Gasteiger partial charge in [0.05, 0.1) is 42.4 Å². The van der Waals surface area contributed by atoms with Crippen LogP contribution in [0.1, 0.15) is 23.4 Å². The van der Waals surface area contributed by atoms with Crippen LogP contribution in [-0.4, -0.2) is 98.9 Å². The van der Waals surface area contributed by atoms with Crippen LogP contribution >= 0.6 is 0 Å². The number of fused-ring (bicyclic) bond motifs is 2. The second-order valence-corrected chi connectivity index (χ2v) is 13.8. The maximum absolute atomic E-state index is 5.62. The van der Waals surface area contributed by atoms with Gasteiger partial charge in [0.15, 0.2) is 11.9 Å². The Balaban J connectivity index is 0.989. The van der Waals surface area contributed by atoms with Gasteiger partial charge in [-0.15, -0.1) is 0 Å². The molecule has 9 rings (SSSR count). The Morgan fingerprint density at radius 3 is 2.44 bits per heavy atom. The summed E-state index contributed by atoms with van der Waals surface area (Å²) in [6, 6.07) is 33.0. The molecule has 0 radical (unpaired) electrons. The fourth-order valence-electron chi connectivity index (χ4n) is 7.44. The van der Waals surface area contributed by atoms with Gasteiger partial charge in [0.2, 0.25) is 0 Å². The van der Waals surface area contributed by atoms with E-state index in [2.05, 4.69) is 62.6 Å². The van der Waals surface area contributed by atoms with E-state index in [0.717, 1.165) is 108 Å². The molecule has 5 heterocycles. The number of H-pyrrole nitrogens is 1. The topological polar surface area (TPSA) is 118 Å². The molecule has 3 aromatic heterocycles. The van der Waals surface area contributed by atoms with Crippen LogP contribution in [0.15, 0.2) is 103 Å². The van der Waals surface area contributed by atoms with E-state index in [1.54, 1.807) is 13.4 Å². The molecular weight excluding hydrogens is 679 g/mol. The Morgan fingerprint density at radius 1 is 0.852 bits per heavy atom. The van der Waals surface area contributed by atoms with Crippen molar-refractivity contribution in [1.29, 1.82) is 0 Å². The summed E-state index contributed by atoms with van der Waals surface area (Å²) < 4.78 is 18.7. The van der Waals surface area contributed by atoms with Crippen molar-refractivity contribution in [3.8, 4) is 22.7 Å². The van der Waals surface area contributed by atoms with Crippen molar-refractivity contribution in [3.63, 3.8) is 0 Å². The Bertz CT molecular complexity index is 2350. The first-order chi connectivity index (χ1) is 26.7. The largest absolute Gasteiger partial charge is 0.496 e. The zero-order chi connectivity index (χ0) is 36.3. The maximum atomic E-state index is 5.62. The predicted octanol–water partition coefficient (Wildman–Crippen LogP) is 6.58. The van der Waals surface area contributed by atoms with Crippen molar-refractivity contribution in [1.82, 2.24) is 39.5 Å². The highest BCUT2D eigenvalue weighted by Crippen LogP contribution is 2.35. The summed E-state index contributed by atoms with van der Waals surface area (Å²) in [6.07, 6.45) is 3.12. The zero-order valence-corrected chi connectivity index (χ0v) is 30.3. The number of imidazole rings is 1. The van der Waals surface area contributed by atoms with E-state index in [4.69, 9.17) is 34.3 Å². The summed E-state index contributed by atoms with van der Waals surface area (Å²) in [6.45, 7) is 7.54. The Labute approximate surface area is 313 Å². The van der Waals surface area contributed by atoms with Gasteiger partial charge in [0.1, 0.15) is 29.4 Å². The summed E-state index contributed by atoms with van der Waals surface area (Å²) >= 11 is 0. The molecule has 7 aromatic rings. The number of nitrogens with zero attached hydrogens (tertiary/aromatic N) is 7. The standard InChI is InChI=1S/C42H43N9O3/c1-52-36-10-6-5-7-30(36)26-37-46-34-16-13-31(25-35(34)47-37)40-39-41(45-32-8-3-2-4-9-32)43-28-44-42(39)51(48-40)33-14-11-29(12-15-33)27-50-21-19-49(20-22-50)18-17-38-53-23-24-54-38/h2-16,25,28,38H,17-24,26-27H2,1H3,(H,46,47)(H,43,44,45). The fourth-order valence-corrected chi connectivity index (χ4v) is 7.44. The summed E-state index contributed by atoms with van der Waals surface area (Å²) in [7, 11) is 1.70. The lowest BCUT2D eigenvalue weighted by atomic mass is 10.1. The van der Waals surface area contributed by atoms with Crippen molar-refractivity contribution in [2.45, 2.75) is 25.7 Å². The third-order valence-electron chi connectivity index (χ3n) is 10.3. The fraction of sp³-hybridized carbons (Fsp3) is 0.286. The lowest BCUT2D eigenvalue weighted by Crippen LogP contribution is -2.46. The van der Waals surface area contributed by atoms with Gasteiger partial charge in [-0.3, -0.25) is 4.90 Å². The zero-order valence-electron chi connectivity index (χ0n) is 30.3.